The summed E-state index contributed by atoms with van der Waals surface area (Å²) in [5, 5.41) is 0. The molecule has 0 nitrogen and oxygen atoms in total. The van der Waals surface area contributed by atoms with E-state index in [2.05, 4.69) is 65.0 Å². The first-order valence-electron chi connectivity index (χ1n) is 7.60. The third-order valence-electron chi connectivity index (χ3n) is 3.96. The van der Waals surface area contributed by atoms with E-state index in [0.717, 1.165) is 0 Å². The Balaban J connectivity index is 2.13. The molecule has 2 heterocycles. The maximum atomic E-state index is 2.41. The van der Waals surface area contributed by atoms with Crippen molar-refractivity contribution in [2.45, 2.75) is 46.5 Å². The first kappa shape index (κ1) is 14.8. The summed E-state index contributed by atoms with van der Waals surface area (Å²) in [5.41, 5.74) is 4.34. The van der Waals surface area contributed by atoms with Crippen LogP contribution in [-0.4, -0.2) is 0 Å². The van der Waals surface area contributed by atoms with Gasteiger partial charge in [0.2, 0.25) is 0 Å². The summed E-state index contributed by atoms with van der Waals surface area (Å²) in [6.45, 7) is 11.3. The van der Waals surface area contributed by atoms with Crippen LogP contribution in [0.2, 0.25) is 0 Å². The average molecular weight is 315 g/mol. The fraction of sp³-hybridized carbons (Fsp3) is 0.368. The molecule has 0 amide bonds. The van der Waals surface area contributed by atoms with Crippen molar-refractivity contribution >= 4 is 32.1 Å². The Morgan fingerprint density at radius 3 is 2.14 bits per heavy atom. The minimum absolute atomic E-state index is 0.556. The van der Waals surface area contributed by atoms with Crippen LogP contribution in [-0.2, 0) is 0 Å². The molecule has 110 valence electrons. The van der Waals surface area contributed by atoms with Crippen LogP contribution >= 0.6 is 22.7 Å². The second-order valence-corrected chi connectivity index (χ2v) is 8.72. The highest BCUT2D eigenvalue weighted by Crippen LogP contribution is 2.41. The maximum absolute atomic E-state index is 2.41. The topological polar surface area (TPSA) is 0 Å². The van der Waals surface area contributed by atoms with Gasteiger partial charge in [-0.15, -0.1) is 22.7 Å². The Hall–Kier alpha value is -1.12. The molecule has 21 heavy (non-hydrogen) atoms. The summed E-state index contributed by atoms with van der Waals surface area (Å²) in [6, 6.07) is 11.7. The van der Waals surface area contributed by atoms with E-state index in [1.54, 1.807) is 0 Å². The minimum atomic E-state index is 0.556. The third-order valence-corrected chi connectivity index (χ3v) is 6.20. The normalized spacial score (nSPS) is 12.0. The van der Waals surface area contributed by atoms with Crippen LogP contribution in [0.3, 0.4) is 0 Å². The van der Waals surface area contributed by atoms with E-state index in [9.17, 15) is 0 Å². The standard InChI is InChI=1S/C19H22S2/c1-11(2)14-6-7-15(16(9-14)12(3)4)17-10-19-18(21-17)8-13(5)20-19/h6-12H,1-5H3. The van der Waals surface area contributed by atoms with Crippen molar-refractivity contribution in [1.82, 2.24) is 0 Å². The van der Waals surface area contributed by atoms with Gasteiger partial charge in [-0.25, -0.2) is 0 Å². The lowest BCUT2D eigenvalue weighted by Crippen LogP contribution is -1.95. The smallest absolute Gasteiger partial charge is 0.0459 e. The van der Waals surface area contributed by atoms with Gasteiger partial charge in [0.15, 0.2) is 0 Å². The number of hydrogen-bond acceptors (Lipinski definition) is 2. The molecule has 0 spiro atoms. The number of aryl methyl sites for hydroxylation is 1. The molecule has 0 aliphatic rings. The first-order chi connectivity index (χ1) is 9.95. The van der Waals surface area contributed by atoms with E-state index in [1.807, 2.05) is 22.7 Å². The quantitative estimate of drug-likeness (QED) is 0.480. The maximum Gasteiger partial charge on any atom is 0.0459 e. The molecule has 0 atom stereocenters. The molecule has 3 rings (SSSR count). The van der Waals surface area contributed by atoms with Gasteiger partial charge < -0.3 is 0 Å². The second kappa shape index (κ2) is 5.58. The number of benzene rings is 1. The lowest BCUT2D eigenvalue weighted by atomic mass is 9.91. The molecule has 0 saturated carbocycles. The van der Waals surface area contributed by atoms with Crippen LogP contribution < -0.4 is 0 Å². The highest BCUT2D eigenvalue weighted by atomic mass is 32.1. The zero-order valence-electron chi connectivity index (χ0n) is 13.4. The van der Waals surface area contributed by atoms with Crippen LogP contribution in [0.1, 0.15) is 55.5 Å². The summed E-state index contributed by atoms with van der Waals surface area (Å²) in [5.74, 6) is 1.15. The summed E-state index contributed by atoms with van der Waals surface area (Å²) in [7, 11) is 0. The molecule has 0 fully saturated rings. The monoisotopic (exact) mass is 314 g/mol. The molecule has 0 bridgehead atoms. The van der Waals surface area contributed by atoms with Gasteiger partial charge in [0.05, 0.1) is 0 Å². The van der Waals surface area contributed by atoms with Crippen molar-refractivity contribution in [1.29, 1.82) is 0 Å². The predicted octanol–water partition coefficient (Wildman–Crippen LogP) is 7.19. The van der Waals surface area contributed by atoms with E-state index >= 15 is 0 Å². The molecular formula is C19H22S2. The third kappa shape index (κ3) is 2.79. The van der Waals surface area contributed by atoms with Crippen molar-refractivity contribution in [2.24, 2.45) is 0 Å². The van der Waals surface area contributed by atoms with Gasteiger partial charge in [0, 0.05) is 19.2 Å². The van der Waals surface area contributed by atoms with Gasteiger partial charge in [-0.1, -0.05) is 45.9 Å². The number of fused-ring (bicyclic) bond motifs is 1. The minimum Gasteiger partial charge on any atom is -0.140 e. The van der Waals surface area contributed by atoms with E-state index < -0.39 is 0 Å². The Morgan fingerprint density at radius 1 is 0.810 bits per heavy atom. The molecule has 2 heteroatoms. The van der Waals surface area contributed by atoms with Gasteiger partial charge in [-0.05, 0) is 47.6 Å². The lowest BCUT2D eigenvalue weighted by molar-refractivity contribution is 0.836. The Morgan fingerprint density at radius 2 is 1.52 bits per heavy atom. The van der Waals surface area contributed by atoms with Crippen molar-refractivity contribution in [3.8, 4) is 10.4 Å². The van der Waals surface area contributed by atoms with E-state index in [1.165, 1.54) is 35.8 Å². The SMILES string of the molecule is Cc1cc2sc(-c3ccc(C(C)C)cc3C(C)C)cc2s1. The van der Waals surface area contributed by atoms with E-state index in [4.69, 9.17) is 0 Å². The highest BCUT2D eigenvalue weighted by molar-refractivity contribution is 7.29. The molecule has 0 aliphatic heterocycles. The van der Waals surface area contributed by atoms with Crippen LogP contribution in [0.4, 0.5) is 0 Å². The Kier molecular flexibility index (Phi) is 3.94. The molecule has 0 saturated heterocycles. The lowest BCUT2D eigenvalue weighted by Gasteiger charge is -2.15. The zero-order chi connectivity index (χ0) is 15.1. The zero-order valence-corrected chi connectivity index (χ0v) is 15.0. The summed E-state index contributed by atoms with van der Waals surface area (Å²) < 4.78 is 2.85. The Bertz CT molecular complexity index is 741. The van der Waals surface area contributed by atoms with Crippen molar-refractivity contribution in [2.75, 3.05) is 0 Å². The van der Waals surface area contributed by atoms with Crippen LogP contribution in [0.15, 0.2) is 30.3 Å². The van der Waals surface area contributed by atoms with E-state index in [0.29, 0.717) is 11.8 Å². The summed E-state index contributed by atoms with van der Waals surface area (Å²) in [4.78, 5) is 2.82. The van der Waals surface area contributed by atoms with Crippen molar-refractivity contribution < 1.29 is 0 Å². The fourth-order valence-electron chi connectivity index (χ4n) is 2.73. The molecule has 2 aromatic heterocycles. The van der Waals surface area contributed by atoms with E-state index in [-0.39, 0.29) is 0 Å². The molecule has 0 N–H and O–H groups in total. The van der Waals surface area contributed by atoms with Crippen molar-refractivity contribution in [3.05, 3.63) is 46.3 Å². The largest absolute Gasteiger partial charge is 0.140 e. The van der Waals surface area contributed by atoms with Gasteiger partial charge in [-0.2, -0.15) is 0 Å². The van der Waals surface area contributed by atoms with Crippen LogP contribution in [0, 0.1) is 6.92 Å². The number of hydrogen-bond donors (Lipinski definition) is 0. The van der Waals surface area contributed by atoms with Crippen LogP contribution in [0.5, 0.6) is 0 Å². The second-order valence-electron chi connectivity index (χ2n) is 6.35. The Labute approximate surface area is 135 Å². The van der Waals surface area contributed by atoms with Gasteiger partial charge >= 0.3 is 0 Å². The molecular weight excluding hydrogens is 292 g/mol. The highest BCUT2D eigenvalue weighted by Gasteiger charge is 2.14. The first-order valence-corrected chi connectivity index (χ1v) is 9.23. The number of thiophene rings is 2. The molecule has 0 aliphatic carbocycles. The fourth-order valence-corrected chi connectivity index (χ4v) is 5.10. The van der Waals surface area contributed by atoms with Gasteiger partial charge in [0.25, 0.3) is 0 Å². The van der Waals surface area contributed by atoms with Crippen molar-refractivity contribution in [3.63, 3.8) is 0 Å². The summed E-state index contributed by atoms with van der Waals surface area (Å²) >= 11 is 3.83. The average Bonchev–Trinajstić information content (AvgIpc) is 2.94. The molecule has 1 aromatic carbocycles. The molecule has 3 aromatic rings. The molecule has 0 radical (unpaired) electrons. The van der Waals surface area contributed by atoms with Gasteiger partial charge in [-0.3, -0.25) is 0 Å². The predicted molar refractivity (Wildman–Crippen MR) is 98.1 cm³/mol. The van der Waals surface area contributed by atoms with Gasteiger partial charge in [0.1, 0.15) is 0 Å². The number of rotatable bonds is 3. The molecule has 0 unspecified atom stereocenters. The summed E-state index contributed by atoms with van der Waals surface area (Å²) in [6.07, 6.45) is 0. The van der Waals surface area contributed by atoms with Crippen LogP contribution in [0.25, 0.3) is 19.8 Å².